The number of rotatable bonds is 5. The summed E-state index contributed by atoms with van der Waals surface area (Å²) >= 11 is 3.58. The Kier molecular flexibility index (Phi) is 4.55. The molecule has 18 heavy (non-hydrogen) atoms. The first-order valence-electron chi connectivity index (χ1n) is 6.20. The third-order valence-corrected chi connectivity index (χ3v) is 3.72. The lowest BCUT2D eigenvalue weighted by Gasteiger charge is -2.15. The molecule has 0 saturated heterocycles. The Hall–Kier alpha value is -1.13. The summed E-state index contributed by atoms with van der Waals surface area (Å²) in [4.78, 5) is 0. The maximum atomic E-state index is 4.27. The highest BCUT2D eigenvalue weighted by Crippen LogP contribution is 2.22. The van der Waals surface area contributed by atoms with Crippen molar-refractivity contribution in [3.63, 3.8) is 0 Å². The predicted octanol–water partition coefficient (Wildman–Crippen LogP) is 3.52. The van der Waals surface area contributed by atoms with Crippen molar-refractivity contribution >= 4 is 15.9 Å². The van der Waals surface area contributed by atoms with Crippen molar-refractivity contribution in [1.82, 2.24) is 15.1 Å². The molecule has 1 N–H and O–H groups in total. The van der Waals surface area contributed by atoms with E-state index in [1.165, 1.54) is 11.1 Å². The van der Waals surface area contributed by atoms with Crippen LogP contribution in [0, 0.1) is 0 Å². The molecule has 2 aromatic rings. The van der Waals surface area contributed by atoms with E-state index in [0.717, 1.165) is 17.6 Å². The number of hydrogen-bond acceptors (Lipinski definition) is 2. The minimum absolute atomic E-state index is 0.311. The third-order valence-electron chi connectivity index (χ3n) is 2.99. The zero-order chi connectivity index (χ0) is 13.0. The first kappa shape index (κ1) is 13.3. The molecule has 1 heterocycles. The Morgan fingerprint density at radius 3 is 2.83 bits per heavy atom. The molecular weight excluding hydrogens is 290 g/mol. The number of hydrogen-bond donors (Lipinski definition) is 1. The van der Waals surface area contributed by atoms with Gasteiger partial charge < -0.3 is 5.32 Å². The Morgan fingerprint density at radius 1 is 1.39 bits per heavy atom. The van der Waals surface area contributed by atoms with Crippen molar-refractivity contribution in [1.29, 1.82) is 0 Å². The van der Waals surface area contributed by atoms with Crippen LogP contribution < -0.4 is 5.32 Å². The molecule has 0 aliphatic heterocycles. The fourth-order valence-electron chi connectivity index (χ4n) is 1.88. The molecule has 0 bridgehead atoms. The van der Waals surface area contributed by atoms with E-state index in [4.69, 9.17) is 0 Å². The van der Waals surface area contributed by atoms with Crippen LogP contribution in [0.15, 0.2) is 41.1 Å². The Morgan fingerprint density at radius 2 is 2.17 bits per heavy atom. The van der Waals surface area contributed by atoms with Gasteiger partial charge in [0.2, 0.25) is 0 Å². The first-order chi connectivity index (χ1) is 8.70. The van der Waals surface area contributed by atoms with Gasteiger partial charge in [-0.25, -0.2) is 0 Å². The van der Waals surface area contributed by atoms with Crippen LogP contribution in [0.25, 0.3) is 0 Å². The summed E-state index contributed by atoms with van der Waals surface area (Å²) in [6, 6.07) is 8.62. The van der Waals surface area contributed by atoms with Crippen LogP contribution >= 0.6 is 15.9 Å². The second-order valence-electron chi connectivity index (χ2n) is 4.33. The zero-order valence-corrected chi connectivity index (χ0v) is 12.3. The highest BCUT2D eigenvalue weighted by molar-refractivity contribution is 9.10. The van der Waals surface area contributed by atoms with E-state index in [1.807, 2.05) is 16.9 Å². The summed E-state index contributed by atoms with van der Waals surface area (Å²) < 4.78 is 3.09. The molecule has 1 aromatic heterocycles. The molecule has 0 spiro atoms. The van der Waals surface area contributed by atoms with Gasteiger partial charge in [-0.1, -0.05) is 34.1 Å². The normalized spacial score (nSPS) is 12.6. The van der Waals surface area contributed by atoms with Crippen molar-refractivity contribution in [3.8, 4) is 0 Å². The quantitative estimate of drug-likeness (QED) is 0.916. The molecule has 1 atom stereocenters. The SMILES string of the molecule is CCn1cc(CN[C@@H](C)c2ccccc2Br)cn1. The minimum Gasteiger partial charge on any atom is -0.306 e. The highest BCUT2D eigenvalue weighted by Gasteiger charge is 2.08. The van der Waals surface area contributed by atoms with Crippen LogP contribution in [0.4, 0.5) is 0 Å². The van der Waals surface area contributed by atoms with Crippen LogP contribution in [-0.4, -0.2) is 9.78 Å². The second-order valence-corrected chi connectivity index (χ2v) is 5.18. The largest absolute Gasteiger partial charge is 0.306 e. The van der Waals surface area contributed by atoms with E-state index >= 15 is 0 Å². The lowest BCUT2D eigenvalue weighted by Crippen LogP contribution is -2.18. The molecule has 0 unspecified atom stereocenters. The fraction of sp³-hybridized carbons (Fsp3) is 0.357. The van der Waals surface area contributed by atoms with E-state index in [1.54, 1.807) is 0 Å². The topological polar surface area (TPSA) is 29.9 Å². The van der Waals surface area contributed by atoms with Crippen LogP contribution in [-0.2, 0) is 13.1 Å². The molecule has 0 radical (unpaired) electrons. The van der Waals surface area contributed by atoms with Gasteiger partial charge in [0.15, 0.2) is 0 Å². The van der Waals surface area contributed by atoms with Gasteiger partial charge in [0.05, 0.1) is 6.20 Å². The van der Waals surface area contributed by atoms with Crippen LogP contribution in [0.3, 0.4) is 0 Å². The molecule has 0 aliphatic carbocycles. The molecule has 2 rings (SSSR count). The smallest absolute Gasteiger partial charge is 0.0534 e. The highest BCUT2D eigenvalue weighted by atomic mass is 79.9. The number of nitrogens with zero attached hydrogens (tertiary/aromatic N) is 2. The minimum atomic E-state index is 0.311. The lowest BCUT2D eigenvalue weighted by atomic mass is 10.1. The molecule has 1 aromatic carbocycles. The molecule has 0 aliphatic rings. The van der Waals surface area contributed by atoms with Gasteiger partial charge in [0.25, 0.3) is 0 Å². The van der Waals surface area contributed by atoms with E-state index in [9.17, 15) is 0 Å². The molecule has 0 saturated carbocycles. The molecule has 3 nitrogen and oxygen atoms in total. The number of halogens is 1. The summed E-state index contributed by atoms with van der Waals surface area (Å²) in [7, 11) is 0. The fourth-order valence-corrected chi connectivity index (χ4v) is 2.51. The summed E-state index contributed by atoms with van der Waals surface area (Å²) in [5.41, 5.74) is 2.50. The van der Waals surface area contributed by atoms with Gasteiger partial charge in [0, 0.05) is 35.4 Å². The van der Waals surface area contributed by atoms with E-state index in [-0.39, 0.29) is 0 Å². The van der Waals surface area contributed by atoms with E-state index in [0.29, 0.717) is 6.04 Å². The van der Waals surface area contributed by atoms with Crippen molar-refractivity contribution in [2.75, 3.05) is 0 Å². The van der Waals surface area contributed by atoms with Crippen LogP contribution in [0.2, 0.25) is 0 Å². The lowest BCUT2D eigenvalue weighted by molar-refractivity contribution is 0.572. The van der Waals surface area contributed by atoms with Gasteiger partial charge in [0.1, 0.15) is 0 Å². The molecule has 0 fully saturated rings. The predicted molar refractivity (Wildman–Crippen MR) is 77.3 cm³/mol. The number of nitrogens with one attached hydrogen (secondary N) is 1. The van der Waals surface area contributed by atoms with E-state index < -0.39 is 0 Å². The summed E-state index contributed by atoms with van der Waals surface area (Å²) in [5, 5.41) is 7.78. The zero-order valence-electron chi connectivity index (χ0n) is 10.7. The molecule has 0 amide bonds. The van der Waals surface area contributed by atoms with Gasteiger partial charge in [-0.15, -0.1) is 0 Å². The molecular formula is C14H18BrN3. The maximum absolute atomic E-state index is 4.27. The van der Waals surface area contributed by atoms with Crippen LogP contribution in [0.5, 0.6) is 0 Å². The van der Waals surface area contributed by atoms with Crippen molar-refractivity contribution in [3.05, 3.63) is 52.3 Å². The van der Waals surface area contributed by atoms with Crippen molar-refractivity contribution in [2.45, 2.75) is 33.0 Å². The molecule has 4 heteroatoms. The Balaban J connectivity index is 1.96. The van der Waals surface area contributed by atoms with Crippen molar-refractivity contribution < 1.29 is 0 Å². The third kappa shape index (κ3) is 3.21. The van der Waals surface area contributed by atoms with Gasteiger partial charge >= 0.3 is 0 Å². The van der Waals surface area contributed by atoms with Crippen molar-refractivity contribution in [2.24, 2.45) is 0 Å². The van der Waals surface area contributed by atoms with Gasteiger partial charge in [-0.05, 0) is 25.5 Å². The number of aryl methyl sites for hydroxylation is 1. The maximum Gasteiger partial charge on any atom is 0.0534 e. The summed E-state index contributed by atoms with van der Waals surface area (Å²) in [6.45, 7) is 6.01. The van der Waals surface area contributed by atoms with Gasteiger partial charge in [-0.2, -0.15) is 5.10 Å². The summed E-state index contributed by atoms with van der Waals surface area (Å²) in [5.74, 6) is 0. The Bertz CT molecular complexity index is 507. The number of benzene rings is 1. The average Bonchev–Trinajstić information content (AvgIpc) is 2.84. The molecule has 96 valence electrons. The average molecular weight is 308 g/mol. The monoisotopic (exact) mass is 307 g/mol. The number of aromatic nitrogens is 2. The second kappa shape index (κ2) is 6.16. The standard InChI is InChI=1S/C14H18BrN3/c1-3-18-10-12(9-17-18)8-16-11(2)13-6-4-5-7-14(13)15/h4-7,9-11,16H,3,8H2,1-2H3/t11-/m0/s1. The van der Waals surface area contributed by atoms with E-state index in [2.05, 4.69) is 64.6 Å². The summed E-state index contributed by atoms with van der Waals surface area (Å²) in [6.07, 6.45) is 4.00. The van der Waals surface area contributed by atoms with Gasteiger partial charge in [-0.3, -0.25) is 4.68 Å². The van der Waals surface area contributed by atoms with Crippen LogP contribution in [0.1, 0.15) is 31.0 Å². The first-order valence-corrected chi connectivity index (χ1v) is 6.99. The Labute approximate surface area is 116 Å².